The second-order valence-electron chi connectivity index (χ2n) is 5.23. The molecule has 2 heterocycles. The van der Waals surface area contributed by atoms with Crippen molar-refractivity contribution in [2.24, 2.45) is 0 Å². The summed E-state index contributed by atoms with van der Waals surface area (Å²) in [6.07, 6.45) is 0. The van der Waals surface area contributed by atoms with E-state index in [-0.39, 0.29) is 11.7 Å². The van der Waals surface area contributed by atoms with Crippen molar-refractivity contribution in [2.45, 2.75) is 13.8 Å². The fourth-order valence-electron chi connectivity index (χ4n) is 2.30. The van der Waals surface area contributed by atoms with Crippen molar-refractivity contribution in [3.05, 3.63) is 35.2 Å². The van der Waals surface area contributed by atoms with Crippen LogP contribution >= 0.6 is 0 Å². The minimum Gasteiger partial charge on any atom is -0.452 e. The van der Waals surface area contributed by atoms with Gasteiger partial charge >= 0.3 is 11.8 Å². The number of aryl methyl sites for hydroxylation is 2. The molecular formula is C16H17N3O4. The van der Waals surface area contributed by atoms with Crippen LogP contribution in [0.1, 0.15) is 21.8 Å². The Hall–Kier alpha value is -2.67. The highest BCUT2D eigenvalue weighted by molar-refractivity contribution is 5.90. The van der Waals surface area contributed by atoms with Gasteiger partial charge in [0.25, 0.3) is 0 Å². The van der Waals surface area contributed by atoms with Gasteiger partial charge in [-0.3, -0.25) is 4.79 Å². The van der Waals surface area contributed by atoms with Crippen molar-refractivity contribution in [3.63, 3.8) is 0 Å². The van der Waals surface area contributed by atoms with Gasteiger partial charge in [-0.1, -0.05) is 16.8 Å². The van der Waals surface area contributed by atoms with E-state index in [4.69, 9.17) is 13.7 Å². The molecule has 7 nitrogen and oxygen atoms in total. The average Bonchev–Trinajstić information content (AvgIpc) is 3.13. The van der Waals surface area contributed by atoms with Crippen LogP contribution in [0.25, 0.3) is 22.6 Å². The molecule has 0 spiro atoms. The fraction of sp³-hybridized carbons (Fsp3) is 0.312. The van der Waals surface area contributed by atoms with Crippen molar-refractivity contribution >= 4 is 16.9 Å². The molecule has 0 aliphatic carbocycles. The molecule has 0 saturated heterocycles. The summed E-state index contributed by atoms with van der Waals surface area (Å²) in [7, 11) is 1.56. The molecule has 0 bridgehead atoms. The monoisotopic (exact) mass is 315 g/mol. The van der Waals surface area contributed by atoms with E-state index >= 15 is 0 Å². The number of methoxy groups -OCH3 is 1. The normalized spacial score (nSPS) is 11.1. The third-order valence-electron chi connectivity index (χ3n) is 3.51. The van der Waals surface area contributed by atoms with E-state index in [1.165, 1.54) is 0 Å². The van der Waals surface area contributed by atoms with Crippen molar-refractivity contribution in [1.82, 2.24) is 15.5 Å². The Labute approximate surface area is 132 Å². The molecule has 1 N–H and O–H groups in total. The number of carbonyl (C=O) groups excluding carboxylic acids is 1. The molecule has 0 atom stereocenters. The number of hydrogen-bond donors (Lipinski definition) is 1. The largest absolute Gasteiger partial charge is 0.452 e. The maximum Gasteiger partial charge on any atom is 0.316 e. The summed E-state index contributed by atoms with van der Waals surface area (Å²) in [4.78, 5) is 16.0. The van der Waals surface area contributed by atoms with Gasteiger partial charge in [-0.2, -0.15) is 4.98 Å². The number of fused-ring (bicyclic) bond motifs is 1. The Morgan fingerprint density at radius 3 is 2.96 bits per heavy atom. The summed E-state index contributed by atoms with van der Waals surface area (Å²) < 4.78 is 15.7. The highest BCUT2D eigenvalue weighted by Crippen LogP contribution is 2.31. The summed E-state index contributed by atoms with van der Waals surface area (Å²) >= 11 is 0. The van der Waals surface area contributed by atoms with E-state index in [1.807, 2.05) is 32.0 Å². The van der Waals surface area contributed by atoms with Crippen molar-refractivity contribution in [3.8, 4) is 11.6 Å². The topological polar surface area (TPSA) is 90.4 Å². The molecule has 0 unspecified atom stereocenters. The lowest BCUT2D eigenvalue weighted by Crippen LogP contribution is -2.27. The van der Waals surface area contributed by atoms with Crippen LogP contribution in [0.4, 0.5) is 0 Å². The van der Waals surface area contributed by atoms with Gasteiger partial charge in [0.2, 0.25) is 5.82 Å². The van der Waals surface area contributed by atoms with E-state index in [0.717, 1.165) is 22.1 Å². The number of ether oxygens (including phenoxy) is 1. The molecule has 2 aromatic heterocycles. The number of aromatic nitrogens is 2. The van der Waals surface area contributed by atoms with Crippen LogP contribution in [0.15, 0.2) is 27.1 Å². The average molecular weight is 315 g/mol. The van der Waals surface area contributed by atoms with Crippen molar-refractivity contribution < 1.29 is 18.5 Å². The van der Waals surface area contributed by atoms with Gasteiger partial charge in [0.05, 0.1) is 6.61 Å². The molecule has 3 aromatic rings. The summed E-state index contributed by atoms with van der Waals surface area (Å²) in [5.41, 5.74) is 2.80. The molecule has 0 fully saturated rings. The summed E-state index contributed by atoms with van der Waals surface area (Å²) in [6, 6.07) is 5.91. The fourth-order valence-corrected chi connectivity index (χ4v) is 2.30. The van der Waals surface area contributed by atoms with E-state index in [0.29, 0.717) is 18.9 Å². The van der Waals surface area contributed by atoms with Gasteiger partial charge in [0, 0.05) is 24.6 Å². The van der Waals surface area contributed by atoms with Crippen LogP contribution in [0.2, 0.25) is 0 Å². The number of nitrogens with one attached hydrogen (secondary N) is 1. The molecule has 7 heteroatoms. The van der Waals surface area contributed by atoms with E-state index < -0.39 is 5.91 Å². The third-order valence-corrected chi connectivity index (χ3v) is 3.51. The molecule has 3 rings (SSSR count). The first-order valence-corrected chi connectivity index (χ1v) is 7.21. The molecule has 0 aliphatic rings. The van der Waals surface area contributed by atoms with E-state index in [9.17, 15) is 4.79 Å². The quantitative estimate of drug-likeness (QED) is 0.727. The number of amides is 1. The molecule has 0 saturated carbocycles. The van der Waals surface area contributed by atoms with Crippen LogP contribution in [-0.4, -0.2) is 36.3 Å². The molecule has 0 aliphatic heterocycles. The smallest absolute Gasteiger partial charge is 0.316 e. The second-order valence-corrected chi connectivity index (χ2v) is 5.23. The number of rotatable bonds is 5. The predicted octanol–water partition coefficient (Wildman–Crippen LogP) is 2.48. The minimum absolute atomic E-state index is 0.105. The molecule has 1 amide bonds. The number of furan rings is 1. The van der Waals surface area contributed by atoms with Gasteiger partial charge in [0.15, 0.2) is 5.76 Å². The molecule has 23 heavy (non-hydrogen) atoms. The van der Waals surface area contributed by atoms with Crippen LogP contribution in [-0.2, 0) is 4.74 Å². The van der Waals surface area contributed by atoms with Crippen LogP contribution in [0.5, 0.6) is 0 Å². The Bertz CT molecular complexity index is 850. The summed E-state index contributed by atoms with van der Waals surface area (Å²) in [6.45, 7) is 4.72. The van der Waals surface area contributed by atoms with Gasteiger partial charge in [-0.05, 0) is 26.0 Å². The maximum absolute atomic E-state index is 11.9. The molecular weight excluding hydrogens is 298 g/mol. The van der Waals surface area contributed by atoms with Crippen molar-refractivity contribution in [1.29, 1.82) is 0 Å². The number of nitrogens with zero attached hydrogens (tertiary/aromatic N) is 2. The van der Waals surface area contributed by atoms with Gasteiger partial charge < -0.3 is 19.0 Å². The van der Waals surface area contributed by atoms with Gasteiger partial charge in [0.1, 0.15) is 5.58 Å². The molecule has 1 aromatic carbocycles. The third kappa shape index (κ3) is 2.95. The zero-order valence-electron chi connectivity index (χ0n) is 13.2. The maximum atomic E-state index is 11.9. The summed E-state index contributed by atoms with van der Waals surface area (Å²) in [5.74, 6) is 0.219. The molecule has 120 valence electrons. The van der Waals surface area contributed by atoms with Gasteiger partial charge in [-0.15, -0.1) is 0 Å². The zero-order chi connectivity index (χ0) is 16.4. The van der Waals surface area contributed by atoms with Crippen molar-refractivity contribution in [2.75, 3.05) is 20.3 Å². The lowest BCUT2D eigenvalue weighted by atomic mass is 10.1. The summed E-state index contributed by atoms with van der Waals surface area (Å²) in [5, 5.41) is 7.46. The zero-order valence-corrected chi connectivity index (χ0v) is 13.2. The first-order chi connectivity index (χ1) is 11.1. The van der Waals surface area contributed by atoms with E-state index in [1.54, 1.807) is 7.11 Å². The first kappa shape index (κ1) is 15.2. The number of carbonyl (C=O) groups is 1. The highest BCUT2D eigenvalue weighted by atomic mass is 16.5. The highest BCUT2D eigenvalue weighted by Gasteiger charge is 2.21. The lowest BCUT2D eigenvalue weighted by Gasteiger charge is -1.99. The van der Waals surface area contributed by atoms with Crippen LogP contribution < -0.4 is 5.32 Å². The molecule has 0 radical (unpaired) electrons. The minimum atomic E-state index is -0.439. The Balaban J connectivity index is 1.88. The predicted molar refractivity (Wildman–Crippen MR) is 83.2 cm³/mol. The first-order valence-electron chi connectivity index (χ1n) is 7.21. The number of hydrogen-bond acceptors (Lipinski definition) is 6. The lowest BCUT2D eigenvalue weighted by molar-refractivity contribution is 0.0893. The second kappa shape index (κ2) is 6.21. The SMILES string of the molecule is COCCNC(=O)c1nc(-c2oc3ccc(C)cc3c2C)no1. The van der Waals surface area contributed by atoms with E-state index in [2.05, 4.69) is 15.5 Å². The standard InChI is InChI=1S/C16H17N3O4/c1-9-4-5-12-11(8-9)10(2)13(22-12)14-18-16(23-19-14)15(20)17-6-7-21-3/h4-5,8H,6-7H2,1-3H3,(H,17,20). The van der Waals surface area contributed by atoms with Crippen LogP contribution in [0.3, 0.4) is 0 Å². The van der Waals surface area contributed by atoms with Crippen LogP contribution in [0, 0.1) is 13.8 Å². The Kier molecular flexibility index (Phi) is 4.12. The number of benzene rings is 1. The Morgan fingerprint density at radius 1 is 1.35 bits per heavy atom. The Morgan fingerprint density at radius 2 is 2.17 bits per heavy atom. The van der Waals surface area contributed by atoms with Gasteiger partial charge in [-0.25, -0.2) is 0 Å².